The van der Waals surface area contributed by atoms with Gasteiger partial charge in [-0.2, -0.15) is 4.39 Å². The third-order valence-electron chi connectivity index (χ3n) is 8.55. The summed E-state index contributed by atoms with van der Waals surface area (Å²) < 4.78 is 61.3. The molecule has 4 nitrogen and oxygen atoms in total. The van der Waals surface area contributed by atoms with Gasteiger partial charge >= 0.3 is 5.97 Å². The molecular formula is C34H43F3O4. The largest absolute Gasteiger partial charge is 0.491 e. The van der Waals surface area contributed by atoms with Crippen LogP contribution >= 0.6 is 0 Å². The van der Waals surface area contributed by atoms with E-state index in [0.29, 0.717) is 37.9 Å². The summed E-state index contributed by atoms with van der Waals surface area (Å²) in [4.78, 5) is 12.8. The first kappa shape index (κ1) is 31.1. The number of carbonyl (C=O) groups excluding carboxylic acids is 1. The van der Waals surface area contributed by atoms with Gasteiger partial charge in [0.05, 0.1) is 18.6 Å². The second-order valence-electron chi connectivity index (χ2n) is 11.4. The number of halogens is 3. The number of ether oxygens (including phenoxy) is 3. The standard InChI is InChI=1S/C34H43F3O4/c1-3-5-7-21-40-30-18-14-26(22-29(30)35)23-8-10-25(11-9-23)34(38)41-31-19-17-28(32(36)33(31)37)24-12-15-27(16-13-24)39-20-6-4-2/h3,14,17-19,22-25,27H,1,4-13,15-16,20-21H2,2H3. The topological polar surface area (TPSA) is 44.8 Å². The van der Waals surface area contributed by atoms with Crippen LogP contribution in [0.2, 0.25) is 0 Å². The minimum Gasteiger partial charge on any atom is -0.491 e. The summed E-state index contributed by atoms with van der Waals surface area (Å²) in [6.45, 7) is 6.96. The van der Waals surface area contributed by atoms with Crippen molar-refractivity contribution in [3.8, 4) is 11.5 Å². The highest BCUT2D eigenvalue weighted by atomic mass is 19.2. The van der Waals surface area contributed by atoms with Gasteiger partial charge in [-0.25, -0.2) is 8.78 Å². The molecule has 41 heavy (non-hydrogen) atoms. The van der Waals surface area contributed by atoms with Gasteiger partial charge in [0.25, 0.3) is 0 Å². The highest BCUT2D eigenvalue weighted by molar-refractivity contribution is 5.75. The number of benzene rings is 2. The van der Waals surface area contributed by atoms with E-state index in [4.69, 9.17) is 14.2 Å². The molecule has 2 aromatic rings. The van der Waals surface area contributed by atoms with Gasteiger partial charge < -0.3 is 14.2 Å². The van der Waals surface area contributed by atoms with E-state index < -0.39 is 29.3 Å². The fourth-order valence-corrected chi connectivity index (χ4v) is 6.03. The number of hydrogen-bond acceptors (Lipinski definition) is 4. The van der Waals surface area contributed by atoms with Crippen LogP contribution in [-0.4, -0.2) is 25.3 Å². The summed E-state index contributed by atoms with van der Waals surface area (Å²) in [6.07, 6.45) is 11.3. The summed E-state index contributed by atoms with van der Waals surface area (Å²) in [6, 6.07) is 7.98. The molecule has 2 aliphatic carbocycles. The lowest BCUT2D eigenvalue weighted by Gasteiger charge is -2.29. The van der Waals surface area contributed by atoms with E-state index in [9.17, 15) is 13.6 Å². The number of hydrogen-bond donors (Lipinski definition) is 0. The first-order valence-corrected chi connectivity index (χ1v) is 15.3. The Hall–Kier alpha value is -2.80. The van der Waals surface area contributed by atoms with Crippen LogP contribution in [-0.2, 0) is 9.53 Å². The molecule has 2 aromatic carbocycles. The van der Waals surface area contributed by atoms with Crippen molar-refractivity contribution in [3.63, 3.8) is 0 Å². The molecule has 2 saturated carbocycles. The van der Waals surface area contributed by atoms with E-state index in [0.717, 1.165) is 63.5 Å². The summed E-state index contributed by atoms with van der Waals surface area (Å²) in [7, 11) is 0. The number of rotatable bonds is 13. The van der Waals surface area contributed by atoms with Gasteiger partial charge in [-0.1, -0.05) is 31.6 Å². The van der Waals surface area contributed by atoms with Crippen molar-refractivity contribution in [2.75, 3.05) is 13.2 Å². The monoisotopic (exact) mass is 572 g/mol. The van der Waals surface area contributed by atoms with Crippen molar-refractivity contribution in [2.24, 2.45) is 5.92 Å². The Morgan fingerprint density at radius 1 is 0.878 bits per heavy atom. The van der Waals surface area contributed by atoms with Crippen LogP contribution in [0.3, 0.4) is 0 Å². The Kier molecular flexibility index (Phi) is 11.7. The van der Waals surface area contributed by atoms with Gasteiger partial charge in [0, 0.05) is 6.61 Å². The van der Waals surface area contributed by atoms with E-state index in [2.05, 4.69) is 13.5 Å². The molecule has 0 spiro atoms. The van der Waals surface area contributed by atoms with Crippen LogP contribution in [0.15, 0.2) is 43.0 Å². The van der Waals surface area contributed by atoms with Gasteiger partial charge in [-0.05, 0) is 112 Å². The van der Waals surface area contributed by atoms with Crippen molar-refractivity contribution in [2.45, 2.75) is 102 Å². The maximum absolute atomic E-state index is 15.0. The molecule has 0 saturated heterocycles. The summed E-state index contributed by atoms with van der Waals surface area (Å²) in [5, 5.41) is 0. The highest BCUT2D eigenvalue weighted by Gasteiger charge is 2.31. The maximum atomic E-state index is 15.0. The molecule has 7 heteroatoms. The van der Waals surface area contributed by atoms with Crippen LogP contribution in [0.25, 0.3) is 0 Å². The van der Waals surface area contributed by atoms with Gasteiger partial charge in [0.2, 0.25) is 5.82 Å². The van der Waals surface area contributed by atoms with E-state index in [1.54, 1.807) is 18.2 Å². The van der Waals surface area contributed by atoms with Gasteiger partial charge in [0.15, 0.2) is 23.1 Å². The van der Waals surface area contributed by atoms with Crippen molar-refractivity contribution in [3.05, 3.63) is 71.6 Å². The van der Waals surface area contributed by atoms with Crippen LogP contribution < -0.4 is 9.47 Å². The molecule has 0 heterocycles. The number of esters is 1. The van der Waals surface area contributed by atoms with Crippen LogP contribution in [0.5, 0.6) is 11.5 Å². The molecule has 224 valence electrons. The van der Waals surface area contributed by atoms with Crippen LogP contribution in [0.4, 0.5) is 13.2 Å². The summed E-state index contributed by atoms with van der Waals surface area (Å²) in [5.41, 5.74) is 1.22. The van der Waals surface area contributed by atoms with Crippen molar-refractivity contribution >= 4 is 5.97 Å². The Labute approximate surface area is 242 Å². The number of carbonyl (C=O) groups is 1. The molecule has 0 unspecified atom stereocenters. The molecule has 4 rings (SSSR count). The second-order valence-corrected chi connectivity index (χ2v) is 11.4. The fraction of sp³-hybridized carbons (Fsp3) is 0.559. The number of unbranched alkanes of at least 4 members (excludes halogenated alkanes) is 2. The summed E-state index contributed by atoms with van der Waals surface area (Å²) >= 11 is 0. The normalized spacial score (nSPS) is 22.7. The Morgan fingerprint density at radius 3 is 2.27 bits per heavy atom. The van der Waals surface area contributed by atoms with Gasteiger partial charge in [0.1, 0.15) is 0 Å². The quantitative estimate of drug-likeness (QED) is 0.104. The zero-order chi connectivity index (χ0) is 29.2. The maximum Gasteiger partial charge on any atom is 0.314 e. The lowest BCUT2D eigenvalue weighted by molar-refractivity contribution is -0.140. The van der Waals surface area contributed by atoms with Crippen molar-refractivity contribution in [1.82, 2.24) is 0 Å². The van der Waals surface area contributed by atoms with Crippen molar-refractivity contribution in [1.29, 1.82) is 0 Å². The fourth-order valence-electron chi connectivity index (χ4n) is 6.03. The Morgan fingerprint density at radius 2 is 1.59 bits per heavy atom. The van der Waals surface area contributed by atoms with Crippen molar-refractivity contribution < 1.29 is 32.2 Å². The lowest BCUT2D eigenvalue weighted by Crippen LogP contribution is -2.26. The SMILES string of the molecule is C=CCCCOc1ccc(C2CCC(C(=O)Oc3ccc(C4CCC(OCCCC)CC4)c(F)c3F)CC2)cc1F. The molecule has 0 amide bonds. The molecular weight excluding hydrogens is 529 g/mol. The van der Waals surface area contributed by atoms with Crippen LogP contribution in [0.1, 0.15) is 107 Å². The molecule has 2 fully saturated rings. The number of allylic oxidation sites excluding steroid dienone is 1. The average molecular weight is 573 g/mol. The van der Waals surface area contributed by atoms with E-state index in [1.807, 2.05) is 6.07 Å². The van der Waals surface area contributed by atoms with E-state index >= 15 is 4.39 Å². The van der Waals surface area contributed by atoms with E-state index in [1.165, 1.54) is 12.1 Å². The smallest absolute Gasteiger partial charge is 0.314 e. The lowest BCUT2D eigenvalue weighted by atomic mass is 9.78. The highest BCUT2D eigenvalue weighted by Crippen LogP contribution is 2.40. The van der Waals surface area contributed by atoms with Crippen LogP contribution in [0, 0.1) is 23.4 Å². The first-order valence-electron chi connectivity index (χ1n) is 15.3. The minimum atomic E-state index is -1.10. The van der Waals surface area contributed by atoms with Gasteiger partial charge in [-0.15, -0.1) is 6.58 Å². The zero-order valence-electron chi connectivity index (χ0n) is 24.1. The third-order valence-corrected chi connectivity index (χ3v) is 8.55. The summed E-state index contributed by atoms with van der Waals surface area (Å²) in [5.74, 6) is -3.46. The second kappa shape index (κ2) is 15.4. The predicted octanol–water partition coefficient (Wildman–Crippen LogP) is 9.17. The third kappa shape index (κ3) is 8.37. The molecule has 2 aliphatic rings. The molecule has 0 bridgehead atoms. The molecule has 0 aromatic heterocycles. The Bertz CT molecular complexity index is 1150. The molecule has 0 atom stereocenters. The minimum absolute atomic E-state index is 0.0710. The first-order chi connectivity index (χ1) is 19.9. The predicted molar refractivity (Wildman–Crippen MR) is 154 cm³/mol. The zero-order valence-corrected chi connectivity index (χ0v) is 24.1. The van der Waals surface area contributed by atoms with Gasteiger partial charge in [-0.3, -0.25) is 4.79 Å². The molecule has 0 aliphatic heterocycles. The average Bonchev–Trinajstić information content (AvgIpc) is 2.99. The molecule has 0 N–H and O–H groups in total. The Balaban J connectivity index is 1.27. The van der Waals surface area contributed by atoms with E-state index in [-0.39, 0.29) is 29.4 Å². The molecule has 0 radical (unpaired) electrons.